The highest BCUT2D eigenvalue weighted by Gasteiger charge is 2.36. The van der Waals surface area contributed by atoms with Crippen LogP contribution in [0.25, 0.3) is 0 Å². The summed E-state index contributed by atoms with van der Waals surface area (Å²) in [7, 11) is 0. The van der Waals surface area contributed by atoms with Gasteiger partial charge in [0.1, 0.15) is 11.1 Å². The molecule has 6 heteroatoms. The standard InChI is InChI=1S/C14H19ClN2O3/c1-13(2,3)20-12(19)17-14(4,11(16)18)9-6-5-7-10(15)8-9/h5-8H,1-4H3,(H2,16,18)(H,17,19)/t14-/m1/s1. The van der Waals surface area contributed by atoms with Gasteiger partial charge in [0.15, 0.2) is 0 Å². The van der Waals surface area contributed by atoms with Crippen LogP contribution in [-0.4, -0.2) is 17.6 Å². The van der Waals surface area contributed by atoms with Crippen molar-refractivity contribution < 1.29 is 14.3 Å². The van der Waals surface area contributed by atoms with Crippen LogP contribution in [0.15, 0.2) is 24.3 Å². The first kappa shape index (κ1) is 16.3. The summed E-state index contributed by atoms with van der Waals surface area (Å²) >= 11 is 5.90. The molecule has 1 aromatic carbocycles. The van der Waals surface area contributed by atoms with Crippen molar-refractivity contribution in [3.63, 3.8) is 0 Å². The van der Waals surface area contributed by atoms with Crippen molar-refractivity contribution in [3.8, 4) is 0 Å². The fourth-order valence-corrected chi connectivity index (χ4v) is 1.77. The van der Waals surface area contributed by atoms with Gasteiger partial charge in [-0.1, -0.05) is 23.7 Å². The van der Waals surface area contributed by atoms with Crippen LogP contribution in [0.3, 0.4) is 0 Å². The Hall–Kier alpha value is -1.75. The Balaban J connectivity index is 3.05. The zero-order valence-corrected chi connectivity index (χ0v) is 12.7. The molecule has 20 heavy (non-hydrogen) atoms. The van der Waals surface area contributed by atoms with Gasteiger partial charge in [0.05, 0.1) is 0 Å². The molecule has 0 saturated heterocycles. The molecule has 1 atom stereocenters. The molecule has 0 aliphatic heterocycles. The normalized spacial score (nSPS) is 14.2. The van der Waals surface area contributed by atoms with Gasteiger partial charge in [-0.15, -0.1) is 0 Å². The van der Waals surface area contributed by atoms with Gasteiger partial charge in [0, 0.05) is 5.02 Å². The number of alkyl carbamates (subject to hydrolysis) is 1. The molecule has 0 unspecified atom stereocenters. The number of carbonyl (C=O) groups excluding carboxylic acids is 2. The summed E-state index contributed by atoms with van der Waals surface area (Å²) < 4.78 is 5.14. The smallest absolute Gasteiger partial charge is 0.408 e. The van der Waals surface area contributed by atoms with E-state index >= 15 is 0 Å². The number of nitrogens with two attached hydrogens (primary N) is 1. The number of nitrogens with one attached hydrogen (secondary N) is 1. The summed E-state index contributed by atoms with van der Waals surface area (Å²) in [6.45, 7) is 6.69. The van der Waals surface area contributed by atoms with Gasteiger partial charge >= 0.3 is 6.09 Å². The summed E-state index contributed by atoms with van der Waals surface area (Å²) in [5.41, 5.74) is 3.84. The van der Waals surface area contributed by atoms with Gasteiger partial charge in [0.25, 0.3) is 0 Å². The molecule has 0 bridgehead atoms. The molecule has 0 aromatic heterocycles. The summed E-state index contributed by atoms with van der Waals surface area (Å²) in [5, 5.41) is 2.94. The number of benzene rings is 1. The van der Waals surface area contributed by atoms with Crippen LogP contribution in [0.4, 0.5) is 4.79 Å². The average molecular weight is 299 g/mol. The minimum atomic E-state index is -1.40. The summed E-state index contributed by atoms with van der Waals surface area (Å²) in [5.74, 6) is -0.703. The van der Waals surface area contributed by atoms with Gasteiger partial charge in [-0.3, -0.25) is 4.79 Å². The van der Waals surface area contributed by atoms with E-state index in [9.17, 15) is 9.59 Å². The van der Waals surface area contributed by atoms with E-state index in [-0.39, 0.29) is 0 Å². The maximum atomic E-state index is 11.9. The zero-order valence-electron chi connectivity index (χ0n) is 12.0. The first-order valence-electron chi connectivity index (χ1n) is 6.12. The predicted molar refractivity (Wildman–Crippen MR) is 77.4 cm³/mol. The van der Waals surface area contributed by atoms with Crippen LogP contribution < -0.4 is 11.1 Å². The summed E-state index contributed by atoms with van der Waals surface area (Å²) in [4.78, 5) is 23.6. The molecule has 3 N–H and O–H groups in total. The second-order valence-corrected chi connectivity index (χ2v) is 6.06. The first-order chi connectivity index (χ1) is 9.04. The Morgan fingerprint density at radius 2 is 1.85 bits per heavy atom. The third-order valence-corrected chi connectivity index (χ3v) is 2.88. The third-order valence-electron chi connectivity index (χ3n) is 2.65. The van der Waals surface area contributed by atoms with Gasteiger partial charge in [-0.05, 0) is 45.4 Å². The molecule has 5 nitrogen and oxygen atoms in total. The fourth-order valence-electron chi connectivity index (χ4n) is 1.58. The summed E-state index contributed by atoms with van der Waals surface area (Å²) in [6, 6.07) is 6.58. The molecule has 0 saturated carbocycles. The second-order valence-electron chi connectivity index (χ2n) is 5.63. The number of halogens is 1. The molecule has 1 rings (SSSR count). The lowest BCUT2D eigenvalue weighted by Crippen LogP contribution is -2.53. The Bertz CT molecular complexity index is 525. The number of primary amides is 1. The van der Waals surface area contributed by atoms with Crippen LogP contribution >= 0.6 is 11.6 Å². The molecule has 1 aromatic rings. The number of amides is 2. The number of carbonyl (C=O) groups is 2. The highest BCUT2D eigenvalue weighted by atomic mass is 35.5. The third kappa shape index (κ3) is 4.13. The molecule has 0 aliphatic rings. The largest absolute Gasteiger partial charge is 0.444 e. The van der Waals surface area contributed by atoms with Crippen molar-refractivity contribution in [1.29, 1.82) is 0 Å². The zero-order chi connectivity index (χ0) is 15.6. The Morgan fingerprint density at radius 1 is 1.25 bits per heavy atom. The molecule has 0 fully saturated rings. The Kier molecular flexibility index (Phi) is 4.65. The maximum absolute atomic E-state index is 11.9. The Labute approximate surface area is 123 Å². The van der Waals surface area contributed by atoms with Crippen LogP contribution in [0.2, 0.25) is 5.02 Å². The number of ether oxygens (including phenoxy) is 1. The molecule has 110 valence electrons. The molecular formula is C14H19ClN2O3. The lowest BCUT2D eigenvalue weighted by molar-refractivity contribution is -0.124. The lowest BCUT2D eigenvalue weighted by atomic mass is 9.91. The van der Waals surface area contributed by atoms with E-state index in [0.29, 0.717) is 10.6 Å². The van der Waals surface area contributed by atoms with Gasteiger partial charge in [-0.25, -0.2) is 4.79 Å². The van der Waals surface area contributed by atoms with Gasteiger partial charge < -0.3 is 15.8 Å². The van der Waals surface area contributed by atoms with E-state index in [1.807, 2.05) is 0 Å². The van der Waals surface area contributed by atoms with Crippen molar-refractivity contribution in [2.24, 2.45) is 5.73 Å². The van der Waals surface area contributed by atoms with Crippen LogP contribution in [-0.2, 0) is 15.1 Å². The van der Waals surface area contributed by atoms with Crippen molar-refractivity contribution in [1.82, 2.24) is 5.32 Å². The molecular weight excluding hydrogens is 280 g/mol. The monoisotopic (exact) mass is 298 g/mol. The molecule has 0 aliphatic carbocycles. The van der Waals surface area contributed by atoms with Crippen LogP contribution in [0.5, 0.6) is 0 Å². The average Bonchev–Trinajstić information content (AvgIpc) is 2.25. The van der Waals surface area contributed by atoms with Crippen LogP contribution in [0.1, 0.15) is 33.3 Å². The minimum Gasteiger partial charge on any atom is -0.444 e. The number of hydrogen-bond acceptors (Lipinski definition) is 3. The number of hydrogen-bond donors (Lipinski definition) is 2. The topological polar surface area (TPSA) is 81.4 Å². The maximum Gasteiger partial charge on any atom is 0.408 e. The molecule has 0 spiro atoms. The predicted octanol–water partition coefficient (Wildman–Crippen LogP) is 2.57. The molecule has 0 heterocycles. The van der Waals surface area contributed by atoms with E-state index in [4.69, 9.17) is 22.1 Å². The summed E-state index contributed by atoms with van der Waals surface area (Å²) in [6.07, 6.45) is -0.723. The Morgan fingerprint density at radius 3 is 2.30 bits per heavy atom. The SMILES string of the molecule is CC(C)(C)OC(=O)N[C@@](C)(C(N)=O)c1cccc(Cl)c1. The fraction of sp³-hybridized carbons (Fsp3) is 0.429. The van der Waals surface area contributed by atoms with E-state index < -0.39 is 23.1 Å². The highest BCUT2D eigenvalue weighted by molar-refractivity contribution is 6.30. The molecule has 2 amide bonds. The van der Waals surface area contributed by atoms with E-state index in [0.717, 1.165) is 0 Å². The van der Waals surface area contributed by atoms with Crippen molar-refractivity contribution in [3.05, 3.63) is 34.9 Å². The first-order valence-corrected chi connectivity index (χ1v) is 6.49. The number of rotatable bonds is 3. The van der Waals surface area contributed by atoms with Crippen LogP contribution in [0, 0.1) is 0 Å². The van der Waals surface area contributed by atoms with Gasteiger partial charge in [-0.2, -0.15) is 0 Å². The van der Waals surface area contributed by atoms with E-state index in [1.54, 1.807) is 45.0 Å². The minimum absolute atomic E-state index is 0.445. The van der Waals surface area contributed by atoms with Crippen molar-refractivity contribution >= 4 is 23.6 Å². The van der Waals surface area contributed by atoms with E-state index in [2.05, 4.69) is 5.32 Å². The van der Waals surface area contributed by atoms with Crippen molar-refractivity contribution in [2.75, 3.05) is 0 Å². The van der Waals surface area contributed by atoms with Crippen molar-refractivity contribution in [2.45, 2.75) is 38.8 Å². The highest BCUT2D eigenvalue weighted by Crippen LogP contribution is 2.24. The molecule has 0 radical (unpaired) electrons. The second kappa shape index (κ2) is 5.71. The van der Waals surface area contributed by atoms with Gasteiger partial charge in [0.2, 0.25) is 5.91 Å². The van der Waals surface area contributed by atoms with E-state index in [1.165, 1.54) is 6.92 Å². The lowest BCUT2D eigenvalue weighted by Gasteiger charge is -2.29. The quantitative estimate of drug-likeness (QED) is 0.900.